The monoisotopic (exact) mass is 186 g/mol. The molecule has 0 heterocycles. The minimum atomic E-state index is -0.611. The van der Waals surface area contributed by atoms with Crippen molar-refractivity contribution in [2.45, 2.75) is 0 Å². The lowest BCUT2D eigenvalue weighted by Crippen LogP contribution is -2.10. The first kappa shape index (κ1) is 8.87. The topological polar surface area (TPSA) is 35.5 Å². The first-order valence-electron chi connectivity index (χ1n) is 3.32. The van der Waals surface area contributed by atoms with Gasteiger partial charge in [-0.25, -0.2) is 4.79 Å². The summed E-state index contributed by atoms with van der Waals surface area (Å²) in [6, 6.07) is 8.94. The number of benzene rings is 1. The average Bonchev–Trinajstić information content (AvgIpc) is 2.16. The summed E-state index contributed by atoms with van der Waals surface area (Å²) in [6.07, 6.45) is 0. The van der Waals surface area contributed by atoms with Gasteiger partial charge in [0.05, 0.1) is 0 Å². The van der Waals surface area contributed by atoms with Gasteiger partial charge in [0.1, 0.15) is 17.6 Å². The van der Waals surface area contributed by atoms with Gasteiger partial charge in [-0.05, 0) is 12.1 Å². The quantitative estimate of drug-likeness (QED) is 0.722. The Morgan fingerprint density at radius 1 is 1.33 bits per heavy atom. The minimum absolute atomic E-state index is 0.173. The van der Waals surface area contributed by atoms with E-state index in [1.807, 2.05) is 6.07 Å². The number of ether oxygens (including phenoxy) is 1. The Hall–Kier alpha value is -1.22. The lowest BCUT2D eigenvalue weighted by molar-refractivity contribution is -0.136. The van der Waals surface area contributed by atoms with Gasteiger partial charge in [0.15, 0.2) is 6.61 Å². The summed E-state index contributed by atoms with van der Waals surface area (Å²) in [5, 5.41) is 0. The van der Waals surface area contributed by atoms with Gasteiger partial charge < -0.3 is 9.03 Å². The molecule has 3 nitrogen and oxygen atoms in total. The molecule has 0 N–H and O–H groups in total. The van der Waals surface area contributed by atoms with E-state index in [-0.39, 0.29) is 6.61 Å². The number of rotatable bonds is 3. The fraction of sp³-hybridized carbons (Fsp3) is 0.125. The number of carbonyl (C=O) groups is 1. The molecule has 0 fully saturated rings. The van der Waals surface area contributed by atoms with Crippen LogP contribution in [0.5, 0.6) is 5.75 Å². The van der Waals surface area contributed by atoms with E-state index in [0.29, 0.717) is 5.75 Å². The molecule has 0 unspecified atom stereocenters. The summed E-state index contributed by atoms with van der Waals surface area (Å²) >= 11 is 4.79. The van der Waals surface area contributed by atoms with Crippen LogP contribution in [-0.4, -0.2) is 12.6 Å². The van der Waals surface area contributed by atoms with Crippen molar-refractivity contribution in [1.29, 1.82) is 0 Å². The Morgan fingerprint density at radius 2 is 2.00 bits per heavy atom. The van der Waals surface area contributed by atoms with Crippen LogP contribution in [0.4, 0.5) is 0 Å². The van der Waals surface area contributed by atoms with Gasteiger partial charge in [-0.1, -0.05) is 18.2 Å². The first-order valence-corrected chi connectivity index (χ1v) is 3.63. The van der Waals surface area contributed by atoms with Crippen LogP contribution in [0.3, 0.4) is 0 Å². The van der Waals surface area contributed by atoms with Crippen LogP contribution in [0, 0.1) is 0 Å². The molecule has 0 bridgehead atoms. The van der Waals surface area contributed by atoms with Gasteiger partial charge >= 0.3 is 5.97 Å². The minimum Gasteiger partial charge on any atom is -0.482 e. The second kappa shape index (κ2) is 4.62. The van der Waals surface area contributed by atoms with Gasteiger partial charge in [0.2, 0.25) is 0 Å². The van der Waals surface area contributed by atoms with Crippen LogP contribution < -0.4 is 4.74 Å². The van der Waals surface area contributed by atoms with Gasteiger partial charge in [-0.2, -0.15) is 0 Å². The van der Waals surface area contributed by atoms with Crippen molar-refractivity contribution < 1.29 is 13.8 Å². The fourth-order valence-electron chi connectivity index (χ4n) is 0.681. The predicted molar refractivity (Wildman–Crippen MR) is 43.9 cm³/mol. The molecule has 0 aliphatic heterocycles. The SMILES string of the molecule is O=C(COc1ccccc1)OCl. The van der Waals surface area contributed by atoms with Crippen molar-refractivity contribution in [3.8, 4) is 5.75 Å². The molecule has 12 heavy (non-hydrogen) atoms. The summed E-state index contributed by atoms with van der Waals surface area (Å²) in [6.45, 7) is -0.173. The highest BCUT2D eigenvalue weighted by Gasteiger charge is 2.01. The highest BCUT2D eigenvalue weighted by Crippen LogP contribution is 2.07. The van der Waals surface area contributed by atoms with E-state index in [4.69, 9.17) is 16.6 Å². The predicted octanol–water partition coefficient (Wildman–Crippen LogP) is 1.76. The first-order chi connectivity index (χ1) is 5.83. The molecule has 0 atom stereocenters. The zero-order valence-electron chi connectivity index (χ0n) is 6.20. The summed E-state index contributed by atoms with van der Waals surface area (Å²) in [5.74, 6) is 0.0000800. The van der Waals surface area contributed by atoms with Crippen LogP contribution in [0.25, 0.3) is 0 Å². The molecule has 1 aromatic carbocycles. The van der Waals surface area contributed by atoms with Gasteiger partial charge in [0, 0.05) is 0 Å². The van der Waals surface area contributed by atoms with E-state index in [9.17, 15) is 4.79 Å². The Kier molecular flexibility index (Phi) is 3.41. The summed E-state index contributed by atoms with van der Waals surface area (Å²) in [7, 11) is 0. The summed E-state index contributed by atoms with van der Waals surface area (Å²) in [4.78, 5) is 10.5. The molecule has 4 heteroatoms. The zero-order chi connectivity index (χ0) is 8.81. The van der Waals surface area contributed by atoms with Crippen LogP contribution >= 0.6 is 11.9 Å². The Balaban J connectivity index is 2.38. The highest BCUT2D eigenvalue weighted by atomic mass is 35.5. The molecule has 0 saturated carbocycles. The maximum atomic E-state index is 10.5. The van der Waals surface area contributed by atoms with Crippen LogP contribution in [0.15, 0.2) is 30.3 Å². The summed E-state index contributed by atoms with van der Waals surface area (Å²) < 4.78 is 8.88. The molecule has 0 radical (unpaired) electrons. The standard InChI is InChI=1S/C8H7ClO3/c9-12-8(10)6-11-7-4-2-1-3-5-7/h1-5H,6H2. The van der Waals surface area contributed by atoms with Crippen molar-refractivity contribution >= 4 is 17.8 Å². The zero-order valence-corrected chi connectivity index (χ0v) is 6.95. The molecule has 0 amide bonds. The van der Waals surface area contributed by atoms with Gasteiger partial charge in [-0.15, -0.1) is 0 Å². The molecular formula is C8H7ClO3. The largest absolute Gasteiger partial charge is 0.482 e. The van der Waals surface area contributed by atoms with E-state index < -0.39 is 5.97 Å². The maximum absolute atomic E-state index is 10.5. The second-order valence-corrected chi connectivity index (χ2v) is 2.21. The van der Waals surface area contributed by atoms with Crippen LogP contribution in [0.2, 0.25) is 0 Å². The van der Waals surface area contributed by atoms with E-state index in [2.05, 4.69) is 4.29 Å². The third kappa shape index (κ3) is 2.80. The van der Waals surface area contributed by atoms with Crippen molar-refractivity contribution in [3.63, 3.8) is 0 Å². The average molecular weight is 187 g/mol. The van der Waals surface area contributed by atoms with E-state index in [1.54, 1.807) is 24.3 Å². The molecule has 64 valence electrons. The Bertz CT molecular complexity index is 248. The third-order valence-corrected chi connectivity index (χ3v) is 1.36. The molecule has 0 aliphatic rings. The molecule has 0 aliphatic carbocycles. The number of para-hydroxylation sites is 1. The molecule has 1 aromatic rings. The Labute approximate surface area is 75.0 Å². The van der Waals surface area contributed by atoms with Gasteiger partial charge in [-0.3, -0.25) is 0 Å². The van der Waals surface area contributed by atoms with Crippen molar-refractivity contribution in [2.75, 3.05) is 6.61 Å². The number of carbonyl (C=O) groups excluding carboxylic acids is 1. The highest BCUT2D eigenvalue weighted by molar-refractivity contribution is 6.13. The third-order valence-electron chi connectivity index (χ3n) is 1.19. The lowest BCUT2D eigenvalue weighted by Gasteiger charge is -2.01. The number of hydrogen-bond acceptors (Lipinski definition) is 3. The number of halogens is 1. The fourth-order valence-corrected chi connectivity index (χ4v) is 0.726. The summed E-state index contributed by atoms with van der Waals surface area (Å²) in [5.41, 5.74) is 0. The van der Waals surface area contributed by atoms with Crippen molar-refractivity contribution in [2.24, 2.45) is 0 Å². The second-order valence-electron chi connectivity index (χ2n) is 2.05. The van der Waals surface area contributed by atoms with Gasteiger partial charge in [0.25, 0.3) is 0 Å². The number of hydrogen-bond donors (Lipinski definition) is 0. The van der Waals surface area contributed by atoms with Crippen LogP contribution in [-0.2, 0) is 9.08 Å². The van der Waals surface area contributed by atoms with Crippen molar-refractivity contribution in [3.05, 3.63) is 30.3 Å². The molecule has 0 saturated heterocycles. The van der Waals surface area contributed by atoms with Crippen molar-refractivity contribution in [1.82, 2.24) is 0 Å². The maximum Gasteiger partial charge on any atom is 0.362 e. The van der Waals surface area contributed by atoms with Crippen LogP contribution in [0.1, 0.15) is 0 Å². The normalized spacial score (nSPS) is 9.08. The van der Waals surface area contributed by atoms with E-state index in [0.717, 1.165) is 0 Å². The van der Waals surface area contributed by atoms with E-state index in [1.165, 1.54) is 0 Å². The molecule has 0 aromatic heterocycles. The molecule has 1 rings (SSSR count). The molecular weight excluding hydrogens is 180 g/mol. The smallest absolute Gasteiger partial charge is 0.362 e. The lowest BCUT2D eigenvalue weighted by atomic mass is 10.3. The molecule has 0 spiro atoms. The van der Waals surface area contributed by atoms with E-state index >= 15 is 0 Å². The Morgan fingerprint density at radius 3 is 2.58 bits per heavy atom.